The van der Waals surface area contributed by atoms with Crippen molar-refractivity contribution in [3.8, 4) is 5.75 Å². The number of amides is 1. The van der Waals surface area contributed by atoms with Crippen molar-refractivity contribution >= 4 is 46.4 Å². The van der Waals surface area contributed by atoms with Gasteiger partial charge in [-0.3, -0.25) is 4.79 Å². The van der Waals surface area contributed by atoms with Crippen LogP contribution in [0.25, 0.3) is 17.0 Å². The van der Waals surface area contributed by atoms with E-state index in [1.807, 2.05) is 6.07 Å². The van der Waals surface area contributed by atoms with Gasteiger partial charge in [0.1, 0.15) is 5.75 Å². The van der Waals surface area contributed by atoms with E-state index in [0.717, 1.165) is 28.8 Å². The molecule has 1 saturated heterocycles. The number of hydrogen-bond acceptors (Lipinski definition) is 4. The molecular formula is C23H32N2O2S2. The van der Waals surface area contributed by atoms with Crippen molar-refractivity contribution in [2.45, 2.75) is 44.6 Å². The summed E-state index contributed by atoms with van der Waals surface area (Å²) < 4.78 is 5.50. The molecule has 1 amide bonds. The molecule has 0 atom stereocenters. The Hall–Kier alpha value is -1.53. The van der Waals surface area contributed by atoms with E-state index < -0.39 is 0 Å². The van der Waals surface area contributed by atoms with E-state index in [1.165, 1.54) is 23.5 Å². The van der Waals surface area contributed by atoms with Crippen LogP contribution in [0.15, 0.2) is 24.3 Å². The van der Waals surface area contributed by atoms with Gasteiger partial charge in [-0.25, -0.2) is 0 Å². The molecule has 4 nitrogen and oxygen atoms in total. The van der Waals surface area contributed by atoms with Crippen molar-refractivity contribution in [3.05, 3.63) is 35.5 Å². The van der Waals surface area contributed by atoms with E-state index in [-0.39, 0.29) is 15.4 Å². The number of thioether (sulfide) groups is 2. The van der Waals surface area contributed by atoms with Gasteiger partial charge in [0.05, 0.1) is 11.2 Å². The number of ether oxygens (including phenoxy) is 1. The molecule has 0 radical (unpaired) electrons. The Morgan fingerprint density at radius 3 is 2.66 bits per heavy atom. The zero-order chi connectivity index (χ0) is 21.1. The second kappa shape index (κ2) is 9.09. The molecule has 0 spiro atoms. The summed E-state index contributed by atoms with van der Waals surface area (Å²) in [5, 5.41) is 4.08. The van der Waals surface area contributed by atoms with E-state index in [9.17, 15) is 4.79 Å². The highest BCUT2D eigenvalue weighted by Gasteiger charge is 2.42. The molecule has 1 fully saturated rings. The van der Waals surface area contributed by atoms with Gasteiger partial charge in [-0.1, -0.05) is 26.8 Å². The fraction of sp³-hybridized carbons (Fsp3) is 0.522. The second-order valence-corrected chi connectivity index (χ2v) is 11.4. The zero-order valence-electron chi connectivity index (χ0n) is 18.1. The number of methoxy groups -OCH3 is 1. The number of fused-ring (bicyclic) bond motifs is 1. The first-order valence-corrected chi connectivity index (χ1v) is 12.1. The lowest BCUT2D eigenvalue weighted by Gasteiger charge is -2.44. The fourth-order valence-corrected chi connectivity index (χ4v) is 7.06. The zero-order valence-corrected chi connectivity index (χ0v) is 19.7. The Morgan fingerprint density at radius 1 is 1.31 bits per heavy atom. The Morgan fingerprint density at radius 2 is 2.03 bits per heavy atom. The van der Waals surface area contributed by atoms with Crippen LogP contribution in [-0.4, -0.2) is 40.1 Å². The summed E-state index contributed by atoms with van der Waals surface area (Å²) in [6, 6.07) is 6.13. The van der Waals surface area contributed by atoms with Gasteiger partial charge in [0.2, 0.25) is 5.91 Å². The van der Waals surface area contributed by atoms with Crippen LogP contribution in [0.4, 0.5) is 0 Å². The summed E-state index contributed by atoms with van der Waals surface area (Å²) in [5.41, 5.74) is 3.59. The molecule has 0 unspecified atom stereocenters. The summed E-state index contributed by atoms with van der Waals surface area (Å²) in [5.74, 6) is 3.25. The molecular weight excluding hydrogens is 400 g/mol. The number of benzene rings is 1. The molecule has 1 aliphatic heterocycles. The highest BCUT2D eigenvalue weighted by Crippen LogP contribution is 2.54. The maximum Gasteiger partial charge on any atom is 0.216 e. The maximum absolute atomic E-state index is 11.3. The number of hydrogen-bond donors (Lipinski definition) is 2. The highest BCUT2D eigenvalue weighted by atomic mass is 32.2. The van der Waals surface area contributed by atoms with Crippen molar-refractivity contribution in [3.63, 3.8) is 0 Å². The number of aromatic nitrogens is 1. The van der Waals surface area contributed by atoms with Crippen LogP contribution in [0, 0.1) is 5.41 Å². The number of nitrogens with one attached hydrogen (secondary N) is 2. The minimum Gasteiger partial charge on any atom is -0.497 e. The Balaban J connectivity index is 2.00. The van der Waals surface area contributed by atoms with Crippen molar-refractivity contribution in [2.24, 2.45) is 5.41 Å². The summed E-state index contributed by atoms with van der Waals surface area (Å²) in [6.45, 7) is 9.17. The number of carbonyl (C=O) groups excluding carboxylic acids is 1. The van der Waals surface area contributed by atoms with Gasteiger partial charge in [0.15, 0.2) is 0 Å². The molecule has 1 aliphatic rings. The predicted octanol–water partition coefficient (Wildman–Crippen LogP) is 5.48. The van der Waals surface area contributed by atoms with E-state index in [4.69, 9.17) is 4.74 Å². The summed E-state index contributed by atoms with van der Waals surface area (Å²) in [4.78, 5) is 14.9. The van der Waals surface area contributed by atoms with Gasteiger partial charge in [-0.05, 0) is 59.6 Å². The van der Waals surface area contributed by atoms with Crippen LogP contribution in [0.3, 0.4) is 0 Å². The SMILES string of the molecule is COc1ccc2[nH]c(/C=C/C3(C(C)(C)C)SCCCS3)c(CCNC(C)=O)c2c1. The molecule has 0 saturated carbocycles. The number of H-pyrrole nitrogens is 1. The van der Waals surface area contributed by atoms with Crippen molar-refractivity contribution in [1.29, 1.82) is 0 Å². The molecule has 6 heteroatoms. The smallest absolute Gasteiger partial charge is 0.216 e. The van der Waals surface area contributed by atoms with Crippen molar-refractivity contribution in [2.75, 3.05) is 25.2 Å². The average Bonchev–Trinajstić information content (AvgIpc) is 3.03. The quantitative estimate of drug-likeness (QED) is 0.634. The third-order valence-corrected chi connectivity index (χ3v) is 9.38. The number of carbonyl (C=O) groups is 1. The Kier molecular flexibility index (Phi) is 6.94. The first-order chi connectivity index (χ1) is 13.8. The minimum absolute atomic E-state index is 0.00112. The van der Waals surface area contributed by atoms with Crippen molar-refractivity contribution in [1.82, 2.24) is 10.3 Å². The summed E-state index contributed by atoms with van der Waals surface area (Å²) in [6.07, 6.45) is 6.70. The molecule has 2 N–H and O–H groups in total. The molecule has 1 aromatic carbocycles. The van der Waals surface area contributed by atoms with Crippen LogP contribution in [-0.2, 0) is 11.2 Å². The monoisotopic (exact) mass is 432 g/mol. The topological polar surface area (TPSA) is 54.1 Å². The van der Waals surface area contributed by atoms with Crippen LogP contribution < -0.4 is 10.1 Å². The summed E-state index contributed by atoms with van der Waals surface area (Å²) >= 11 is 4.13. The number of aromatic amines is 1. The molecule has 29 heavy (non-hydrogen) atoms. The predicted molar refractivity (Wildman–Crippen MR) is 128 cm³/mol. The fourth-order valence-electron chi connectivity index (χ4n) is 3.67. The van der Waals surface area contributed by atoms with Crippen molar-refractivity contribution < 1.29 is 9.53 Å². The molecule has 2 heterocycles. The first-order valence-electron chi connectivity index (χ1n) is 10.2. The van der Waals surface area contributed by atoms with Gasteiger partial charge < -0.3 is 15.0 Å². The van der Waals surface area contributed by atoms with E-state index >= 15 is 0 Å². The van der Waals surface area contributed by atoms with Crippen LogP contribution in [0.5, 0.6) is 5.75 Å². The van der Waals surface area contributed by atoms with E-state index in [2.05, 4.69) is 78.9 Å². The normalized spacial score (nSPS) is 17.0. The second-order valence-electron chi connectivity index (χ2n) is 8.46. The third kappa shape index (κ3) is 4.97. The number of rotatable bonds is 6. The maximum atomic E-state index is 11.3. The Labute approximate surface area is 182 Å². The van der Waals surface area contributed by atoms with Crippen LogP contribution in [0.2, 0.25) is 0 Å². The lowest BCUT2D eigenvalue weighted by atomic mass is 9.90. The molecule has 2 aromatic rings. The molecule has 0 bridgehead atoms. The van der Waals surface area contributed by atoms with Gasteiger partial charge >= 0.3 is 0 Å². The molecule has 3 rings (SSSR count). The Bertz CT molecular complexity index is 890. The molecule has 0 aliphatic carbocycles. The average molecular weight is 433 g/mol. The van der Waals surface area contributed by atoms with Gasteiger partial charge in [-0.15, -0.1) is 23.5 Å². The van der Waals surface area contributed by atoms with Gasteiger partial charge in [0, 0.05) is 30.1 Å². The largest absolute Gasteiger partial charge is 0.497 e. The summed E-state index contributed by atoms with van der Waals surface area (Å²) in [7, 11) is 1.69. The van der Waals surface area contributed by atoms with Gasteiger partial charge in [-0.2, -0.15) is 0 Å². The van der Waals surface area contributed by atoms with Crippen LogP contribution >= 0.6 is 23.5 Å². The molecule has 1 aromatic heterocycles. The molecule has 158 valence electrons. The highest BCUT2D eigenvalue weighted by molar-refractivity contribution is 8.19. The first kappa shape index (κ1) is 22.2. The van der Waals surface area contributed by atoms with Gasteiger partial charge in [0.25, 0.3) is 0 Å². The minimum atomic E-state index is 0.00112. The van der Waals surface area contributed by atoms with Crippen LogP contribution in [0.1, 0.15) is 45.4 Å². The lowest BCUT2D eigenvalue weighted by Crippen LogP contribution is -2.37. The van der Waals surface area contributed by atoms with E-state index in [1.54, 1.807) is 14.0 Å². The third-order valence-electron chi connectivity index (χ3n) is 5.33. The lowest BCUT2D eigenvalue weighted by molar-refractivity contribution is -0.118. The van der Waals surface area contributed by atoms with E-state index in [0.29, 0.717) is 6.54 Å². The standard InChI is InChI=1S/C23H32N2O2S2/c1-16(26)24-12-10-18-19-15-17(27-5)7-8-20(19)25-21(18)9-11-23(22(2,3)4)28-13-6-14-29-23/h7-9,11,15,25H,6,10,12-14H2,1-5H3,(H,24,26)/b11-9+.